The van der Waals surface area contributed by atoms with Crippen molar-refractivity contribution in [3.8, 4) is 5.75 Å². The van der Waals surface area contributed by atoms with Crippen LogP contribution in [0.1, 0.15) is 35.3 Å². The number of benzene rings is 3. The molecule has 0 spiro atoms. The number of aliphatic hydroxyl groups is 1. The smallest absolute Gasteiger partial charge is 0.178 e. The molecule has 0 aliphatic carbocycles. The van der Waals surface area contributed by atoms with Crippen molar-refractivity contribution in [3.63, 3.8) is 0 Å². The van der Waals surface area contributed by atoms with E-state index in [-0.39, 0.29) is 6.04 Å². The fourth-order valence-electron chi connectivity index (χ4n) is 5.12. The summed E-state index contributed by atoms with van der Waals surface area (Å²) in [7, 11) is 0. The minimum Gasteiger partial charge on any atom is -0.472 e. The Balaban J connectivity index is 1.30. The first kappa shape index (κ1) is 25.9. The Bertz CT molecular complexity index is 1250. The molecule has 0 saturated carbocycles. The molecule has 0 radical (unpaired) electrons. The van der Waals surface area contributed by atoms with Crippen LogP contribution in [0.5, 0.6) is 5.75 Å². The van der Waals surface area contributed by atoms with E-state index in [1.807, 2.05) is 54.6 Å². The van der Waals surface area contributed by atoms with Gasteiger partial charge in [-0.25, -0.2) is 0 Å². The number of pyridine rings is 1. The number of hydrogen-bond acceptors (Lipinski definition) is 5. The number of hydrogen-bond donors (Lipinski definition) is 1. The van der Waals surface area contributed by atoms with E-state index in [4.69, 9.17) is 4.74 Å². The second-order valence-corrected chi connectivity index (χ2v) is 9.67. The van der Waals surface area contributed by atoms with Gasteiger partial charge in [0.25, 0.3) is 0 Å². The number of aromatic nitrogens is 1. The first-order valence-electron chi connectivity index (χ1n) is 13.3. The van der Waals surface area contributed by atoms with Gasteiger partial charge in [0.15, 0.2) is 6.23 Å². The van der Waals surface area contributed by atoms with Crippen molar-refractivity contribution in [2.24, 2.45) is 0 Å². The molecule has 194 valence electrons. The minimum atomic E-state index is -0.645. The van der Waals surface area contributed by atoms with Crippen LogP contribution in [0.15, 0.2) is 109 Å². The predicted molar refractivity (Wildman–Crippen MR) is 154 cm³/mol. The normalized spacial score (nSPS) is 16.5. The van der Waals surface area contributed by atoms with Gasteiger partial charge in [-0.2, -0.15) is 0 Å². The third-order valence-corrected chi connectivity index (χ3v) is 7.01. The summed E-state index contributed by atoms with van der Waals surface area (Å²) >= 11 is 0. The summed E-state index contributed by atoms with van der Waals surface area (Å²) in [6.45, 7) is 5.17. The summed E-state index contributed by atoms with van der Waals surface area (Å²) in [6.07, 6.45) is 4.69. The summed E-state index contributed by atoms with van der Waals surface area (Å²) in [6, 6.07) is 35.4. The molecule has 1 aliphatic rings. The quantitative estimate of drug-likeness (QED) is 0.314. The highest BCUT2D eigenvalue weighted by atomic mass is 16.5. The average molecular weight is 506 g/mol. The van der Waals surface area contributed by atoms with Gasteiger partial charge in [0.1, 0.15) is 11.9 Å². The lowest BCUT2D eigenvalue weighted by molar-refractivity contribution is -0.0770. The number of ether oxygens (including phenoxy) is 1. The standard InChI is InChI=1S/C33H35N3O2/c1-26(37)33(38-31-18-9-8-12-27(31)19-20-30-17-10-11-21-34-30)36-24-22-35(23-25-36)32(28-13-4-2-5-14-28)29-15-6-3-7-16-29/h2-21,26,32-33,37H,22-25H2,1H3. The molecule has 38 heavy (non-hydrogen) atoms. The fourth-order valence-corrected chi connectivity index (χ4v) is 5.12. The third-order valence-electron chi connectivity index (χ3n) is 7.01. The number of nitrogens with zero attached hydrogens (tertiary/aromatic N) is 3. The van der Waals surface area contributed by atoms with Crippen LogP contribution in [0.4, 0.5) is 0 Å². The van der Waals surface area contributed by atoms with Crippen LogP contribution in [-0.4, -0.2) is 58.4 Å². The number of aliphatic hydroxyl groups excluding tert-OH is 1. The largest absolute Gasteiger partial charge is 0.472 e. The number of rotatable bonds is 9. The zero-order valence-electron chi connectivity index (χ0n) is 21.8. The molecule has 1 aromatic heterocycles. The van der Waals surface area contributed by atoms with Crippen molar-refractivity contribution in [1.29, 1.82) is 0 Å². The van der Waals surface area contributed by atoms with Gasteiger partial charge in [-0.05, 0) is 48.4 Å². The lowest BCUT2D eigenvalue weighted by Crippen LogP contribution is -2.55. The van der Waals surface area contributed by atoms with Gasteiger partial charge in [0.2, 0.25) is 0 Å². The van der Waals surface area contributed by atoms with Crippen LogP contribution >= 0.6 is 0 Å². The van der Waals surface area contributed by atoms with Gasteiger partial charge in [0, 0.05) is 37.9 Å². The molecule has 5 nitrogen and oxygen atoms in total. The highest BCUT2D eigenvalue weighted by molar-refractivity contribution is 5.71. The van der Waals surface area contributed by atoms with Crippen molar-refractivity contribution in [2.75, 3.05) is 26.2 Å². The Kier molecular flexibility index (Phi) is 8.61. The molecule has 5 heteroatoms. The number of piperazine rings is 1. The van der Waals surface area contributed by atoms with Crippen molar-refractivity contribution in [2.45, 2.75) is 25.3 Å². The maximum absolute atomic E-state index is 10.7. The summed E-state index contributed by atoms with van der Waals surface area (Å²) in [5.41, 5.74) is 4.43. The zero-order valence-corrected chi connectivity index (χ0v) is 21.8. The van der Waals surface area contributed by atoms with Gasteiger partial charge in [-0.15, -0.1) is 0 Å². The second kappa shape index (κ2) is 12.7. The first-order valence-corrected chi connectivity index (χ1v) is 13.3. The molecule has 1 fully saturated rings. The Labute approximate surface area is 225 Å². The molecular formula is C33H35N3O2. The van der Waals surface area contributed by atoms with Crippen LogP contribution in [0, 0.1) is 0 Å². The Morgan fingerprint density at radius 3 is 1.89 bits per heavy atom. The summed E-state index contributed by atoms with van der Waals surface area (Å²) in [5, 5.41) is 10.7. The van der Waals surface area contributed by atoms with Crippen LogP contribution in [0.2, 0.25) is 0 Å². The second-order valence-electron chi connectivity index (χ2n) is 9.67. The average Bonchev–Trinajstić information content (AvgIpc) is 2.97. The van der Waals surface area contributed by atoms with E-state index in [0.717, 1.165) is 43.2 Å². The third kappa shape index (κ3) is 6.37. The van der Waals surface area contributed by atoms with E-state index < -0.39 is 12.3 Å². The summed E-state index contributed by atoms with van der Waals surface area (Å²) in [4.78, 5) is 9.16. The van der Waals surface area contributed by atoms with Gasteiger partial charge in [0.05, 0.1) is 11.7 Å². The SMILES string of the molecule is CC(O)C(Oc1ccccc1C=Cc1ccccn1)N1CCN(C(c2ccccc2)c2ccccc2)CC1. The molecule has 2 atom stereocenters. The monoisotopic (exact) mass is 505 g/mol. The highest BCUT2D eigenvalue weighted by Gasteiger charge is 2.32. The molecule has 2 heterocycles. The molecule has 5 rings (SSSR count). The zero-order chi connectivity index (χ0) is 26.2. The molecule has 4 aromatic rings. The van der Waals surface area contributed by atoms with Crippen LogP contribution < -0.4 is 4.74 Å². The van der Waals surface area contributed by atoms with E-state index >= 15 is 0 Å². The van der Waals surface area contributed by atoms with Crippen molar-refractivity contribution in [1.82, 2.24) is 14.8 Å². The molecule has 1 aliphatic heterocycles. The highest BCUT2D eigenvalue weighted by Crippen LogP contribution is 2.30. The molecular weight excluding hydrogens is 470 g/mol. The molecule has 1 N–H and O–H groups in total. The lowest BCUT2D eigenvalue weighted by Gasteiger charge is -2.43. The summed E-state index contributed by atoms with van der Waals surface area (Å²) in [5.74, 6) is 0.749. The van der Waals surface area contributed by atoms with Gasteiger partial charge < -0.3 is 9.84 Å². The van der Waals surface area contributed by atoms with Crippen molar-refractivity contribution < 1.29 is 9.84 Å². The van der Waals surface area contributed by atoms with Crippen molar-refractivity contribution in [3.05, 3.63) is 132 Å². The van der Waals surface area contributed by atoms with E-state index in [1.165, 1.54) is 11.1 Å². The van der Waals surface area contributed by atoms with Crippen molar-refractivity contribution >= 4 is 12.2 Å². The molecule has 3 aromatic carbocycles. The summed E-state index contributed by atoms with van der Waals surface area (Å²) < 4.78 is 6.49. The molecule has 0 amide bonds. The van der Waals surface area contributed by atoms with E-state index in [2.05, 4.69) is 75.4 Å². The Morgan fingerprint density at radius 2 is 1.29 bits per heavy atom. The predicted octanol–water partition coefficient (Wildman–Crippen LogP) is 5.74. The van der Waals surface area contributed by atoms with Crippen LogP contribution in [0.25, 0.3) is 12.2 Å². The first-order chi connectivity index (χ1) is 18.7. The molecule has 2 unspecified atom stereocenters. The number of para-hydroxylation sites is 1. The van der Waals surface area contributed by atoms with Crippen LogP contribution in [-0.2, 0) is 0 Å². The molecule has 0 bridgehead atoms. The fraction of sp³-hybridized carbons (Fsp3) is 0.242. The molecule has 1 saturated heterocycles. The van der Waals surface area contributed by atoms with Gasteiger partial charge >= 0.3 is 0 Å². The van der Waals surface area contributed by atoms with E-state index in [0.29, 0.717) is 0 Å². The van der Waals surface area contributed by atoms with Gasteiger partial charge in [-0.3, -0.25) is 14.8 Å². The minimum absolute atomic E-state index is 0.197. The van der Waals surface area contributed by atoms with E-state index in [1.54, 1.807) is 13.1 Å². The van der Waals surface area contributed by atoms with Gasteiger partial charge in [-0.1, -0.05) is 84.9 Å². The van der Waals surface area contributed by atoms with Crippen LogP contribution in [0.3, 0.4) is 0 Å². The topological polar surface area (TPSA) is 48.8 Å². The van der Waals surface area contributed by atoms with E-state index in [9.17, 15) is 5.11 Å². The Morgan fingerprint density at radius 1 is 0.711 bits per heavy atom. The Hall–Kier alpha value is -3.77. The maximum Gasteiger partial charge on any atom is 0.178 e. The maximum atomic E-state index is 10.7. The lowest BCUT2D eigenvalue weighted by atomic mass is 9.96.